The Labute approximate surface area is 179 Å². The lowest BCUT2D eigenvalue weighted by atomic mass is 10.2. The zero-order chi connectivity index (χ0) is 21.5. The monoisotopic (exact) mass is 449 g/mol. The highest BCUT2D eigenvalue weighted by atomic mass is 35.5. The summed E-state index contributed by atoms with van der Waals surface area (Å²) in [5.41, 5.74) is 1.97. The molecule has 1 saturated heterocycles. The number of halogens is 1. The SMILES string of the molecule is Cc1ccc(NC(=O)C2CCCN2S(=O)(=O)c2cc3c(cc2Cl)NC(=O)CO3)cc1. The fourth-order valence-corrected chi connectivity index (χ4v) is 5.73. The fraction of sp³-hybridized carbons (Fsp3) is 0.300. The van der Waals surface area contributed by atoms with Crippen LogP contribution in [0, 0.1) is 6.92 Å². The minimum atomic E-state index is -4.06. The summed E-state index contributed by atoms with van der Waals surface area (Å²) in [6.45, 7) is 1.94. The number of ether oxygens (including phenoxy) is 1. The molecule has 1 unspecified atom stereocenters. The Hall–Kier alpha value is -2.62. The van der Waals surface area contributed by atoms with Crippen LogP contribution in [-0.2, 0) is 19.6 Å². The first kappa shape index (κ1) is 20.6. The van der Waals surface area contributed by atoms with Crippen molar-refractivity contribution in [1.29, 1.82) is 0 Å². The highest BCUT2D eigenvalue weighted by molar-refractivity contribution is 7.89. The Bertz CT molecular complexity index is 1120. The van der Waals surface area contributed by atoms with Crippen LogP contribution in [0.3, 0.4) is 0 Å². The molecule has 0 radical (unpaired) electrons. The highest BCUT2D eigenvalue weighted by Crippen LogP contribution is 2.38. The van der Waals surface area contributed by atoms with Crippen LogP contribution in [0.15, 0.2) is 41.3 Å². The second-order valence-electron chi connectivity index (χ2n) is 7.24. The number of hydrogen-bond donors (Lipinski definition) is 2. The number of nitrogens with zero attached hydrogens (tertiary/aromatic N) is 1. The van der Waals surface area contributed by atoms with Gasteiger partial charge in [-0.05, 0) is 38.0 Å². The summed E-state index contributed by atoms with van der Waals surface area (Å²) < 4.78 is 33.2. The maximum Gasteiger partial charge on any atom is 0.262 e. The minimum Gasteiger partial charge on any atom is -0.482 e. The number of rotatable bonds is 4. The molecule has 10 heteroatoms. The van der Waals surface area contributed by atoms with Gasteiger partial charge in [0.05, 0.1) is 10.7 Å². The Balaban J connectivity index is 1.61. The van der Waals surface area contributed by atoms with Crippen LogP contribution in [0.4, 0.5) is 11.4 Å². The van der Waals surface area contributed by atoms with Gasteiger partial charge in [0.25, 0.3) is 5.91 Å². The summed E-state index contributed by atoms with van der Waals surface area (Å²) >= 11 is 6.23. The van der Waals surface area contributed by atoms with Crippen LogP contribution in [0.5, 0.6) is 5.75 Å². The van der Waals surface area contributed by atoms with E-state index < -0.39 is 22.0 Å². The molecule has 30 heavy (non-hydrogen) atoms. The van der Waals surface area contributed by atoms with Crippen molar-refractivity contribution < 1.29 is 22.7 Å². The molecule has 4 rings (SSSR count). The number of carbonyl (C=O) groups excluding carboxylic acids is 2. The lowest BCUT2D eigenvalue weighted by Crippen LogP contribution is -2.43. The van der Waals surface area contributed by atoms with Gasteiger partial charge in [0.15, 0.2) is 6.61 Å². The van der Waals surface area contributed by atoms with E-state index in [1.54, 1.807) is 12.1 Å². The van der Waals surface area contributed by atoms with Gasteiger partial charge < -0.3 is 15.4 Å². The molecule has 2 aliphatic heterocycles. The first-order chi connectivity index (χ1) is 14.3. The Morgan fingerprint density at radius 3 is 2.73 bits per heavy atom. The van der Waals surface area contributed by atoms with Gasteiger partial charge in [-0.1, -0.05) is 29.3 Å². The molecule has 8 nitrogen and oxygen atoms in total. The number of aryl methyl sites for hydroxylation is 1. The first-order valence-corrected chi connectivity index (χ1v) is 11.2. The van der Waals surface area contributed by atoms with E-state index in [2.05, 4.69) is 10.6 Å². The van der Waals surface area contributed by atoms with Crippen molar-refractivity contribution in [2.24, 2.45) is 0 Å². The summed E-state index contributed by atoms with van der Waals surface area (Å²) in [7, 11) is -4.06. The summed E-state index contributed by atoms with van der Waals surface area (Å²) in [6, 6.07) is 9.07. The van der Waals surface area contributed by atoms with Crippen molar-refractivity contribution >= 4 is 44.8 Å². The largest absolute Gasteiger partial charge is 0.482 e. The topological polar surface area (TPSA) is 105 Å². The summed E-state index contributed by atoms with van der Waals surface area (Å²) in [5, 5.41) is 5.32. The van der Waals surface area contributed by atoms with Gasteiger partial charge in [-0.25, -0.2) is 8.42 Å². The average Bonchev–Trinajstić information content (AvgIpc) is 3.20. The molecule has 0 aromatic heterocycles. The van der Waals surface area contributed by atoms with Crippen molar-refractivity contribution in [3.8, 4) is 5.75 Å². The van der Waals surface area contributed by atoms with Gasteiger partial charge in [-0.15, -0.1) is 0 Å². The third kappa shape index (κ3) is 3.88. The fourth-order valence-electron chi connectivity index (χ4n) is 3.56. The van der Waals surface area contributed by atoms with E-state index in [9.17, 15) is 18.0 Å². The highest BCUT2D eigenvalue weighted by Gasteiger charge is 2.41. The lowest BCUT2D eigenvalue weighted by molar-refractivity contribution is -0.119. The van der Waals surface area contributed by atoms with Crippen molar-refractivity contribution in [3.05, 3.63) is 47.0 Å². The molecule has 0 spiro atoms. The predicted octanol–water partition coefficient (Wildman–Crippen LogP) is 2.77. The molecule has 2 aliphatic rings. The number of hydrogen-bond acceptors (Lipinski definition) is 5. The molecule has 158 valence electrons. The van der Waals surface area contributed by atoms with Crippen LogP contribution in [-0.4, -0.2) is 43.7 Å². The van der Waals surface area contributed by atoms with E-state index in [0.717, 1.165) is 5.56 Å². The van der Waals surface area contributed by atoms with E-state index in [0.29, 0.717) is 24.2 Å². The molecule has 2 aromatic carbocycles. The summed E-state index contributed by atoms with van der Waals surface area (Å²) in [6.07, 6.45) is 0.965. The summed E-state index contributed by atoms with van der Waals surface area (Å²) in [4.78, 5) is 24.1. The first-order valence-electron chi connectivity index (χ1n) is 9.41. The predicted molar refractivity (Wildman–Crippen MR) is 112 cm³/mol. The van der Waals surface area contributed by atoms with Gasteiger partial charge in [0, 0.05) is 18.3 Å². The standard InChI is InChI=1S/C20H20ClN3O5S/c1-12-4-6-13(7-5-12)22-20(26)16-3-2-8-24(16)30(27,28)18-10-17-15(9-14(18)21)23-19(25)11-29-17/h4-7,9-10,16H,2-3,8,11H2,1H3,(H,22,26)(H,23,25). The Morgan fingerprint density at radius 1 is 1.27 bits per heavy atom. The van der Waals surface area contributed by atoms with Gasteiger partial charge in [0.1, 0.15) is 16.7 Å². The molecule has 2 aromatic rings. The number of benzene rings is 2. The average molecular weight is 450 g/mol. The second-order valence-corrected chi connectivity index (χ2v) is 9.51. The molecule has 2 heterocycles. The smallest absolute Gasteiger partial charge is 0.262 e. The number of amides is 2. The van der Waals surface area contributed by atoms with Crippen molar-refractivity contribution in [3.63, 3.8) is 0 Å². The normalized spacial score (nSPS) is 19.0. The van der Waals surface area contributed by atoms with Gasteiger partial charge in [-0.3, -0.25) is 9.59 Å². The van der Waals surface area contributed by atoms with Crippen LogP contribution in [0.2, 0.25) is 5.02 Å². The third-order valence-corrected chi connectivity index (χ3v) is 7.45. The second kappa shape index (κ2) is 7.90. The Kier molecular flexibility index (Phi) is 5.44. The van der Waals surface area contributed by atoms with Crippen LogP contribution in [0.25, 0.3) is 0 Å². The number of nitrogens with one attached hydrogen (secondary N) is 2. The molecular weight excluding hydrogens is 430 g/mol. The zero-order valence-electron chi connectivity index (χ0n) is 16.1. The summed E-state index contributed by atoms with van der Waals surface area (Å²) in [5.74, 6) is -0.517. The zero-order valence-corrected chi connectivity index (χ0v) is 17.7. The van der Waals surface area contributed by atoms with Crippen LogP contribution in [0.1, 0.15) is 18.4 Å². The lowest BCUT2D eigenvalue weighted by Gasteiger charge is -2.25. The number of fused-ring (bicyclic) bond motifs is 1. The third-order valence-electron chi connectivity index (χ3n) is 5.08. The molecule has 2 N–H and O–H groups in total. The molecule has 0 aliphatic carbocycles. The van der Waals surface area contributed by atoms with Gasteiger partial charge in [0.2, 0.25) is 15.9 Å². The molecule has 1 fully saturated rings. The molecular formula is C20H20ClN3O5S. The molecule has 2 amide bonds. The number of sulfonamides is 1. The number of carbonyl (C=O) groups is 2. The van der Waals surface area contributed by atoms with E-state index in [4.69, 9.17) is 16.3 Å². The van der Waals surface area contributed by atoms with Gasteiger partial charge >= 0.3 is 0 Å². The van der Waals surface area contributed by atoms with Crippen molar-refractivity contribution in [2.45, 2.75) is 30.7 Å². The molecule has 0 saturated carbocycles. The number of anilines is 2. The van der Waals surface area contributed by atoms with Crippen molar-refractivity contribution in [1.82, 2.24) is 4.31 Å². The van der Waals surface area contributed by atoms with E-state index >= 15 is 0 Å². The Morgan fingerprint density at radius 2 is 2.00 bits per heavy atom. The maximum atomic E-state index is 13.3. The van der Waals surface area contributed by atoms with Crippen LogP contribution < -0.4 is 15.4 Å². The van der Waals surface area contributed by atoms with E-state index in [1.807, 2.05) is 19.1 Å². The van der Waals surface area contributed by atoms with Crippen LogP contribution >= 0.6 is 11.6 Å². The maximum absolute atomic E-state index is 13.3. The van der Waals surface area contributed by atoms with Gasteiger partial charge in [-0.2, -0.15) is 4.31 Å². The quantitative estimate of drug-likeness (QED) is 0.746. The van der Waals surface area contributed by atoms with E-state index in [-0.39, 0.29) is 34.7 Å². The van der Waals surface area contributed by atoms with E-state index in [1.165, 1.54) is 16.4 Å². The van der Waals surface area contributed by atoms with Crippen molar-refractivity contribution in [2.75, 3.05) is 23.8 Å². The molecule has 1 atom stereocenters. The minimum absolute atomic E-state index is 0.0517. The molecule has 0 bridgehead atoms.